The van der Waals surface area contributed by atoms with Gasteiger partial charge < -0.3 is 11.1 Å². The number of rotatable bonds is 4. The van der Waals surface area contributed by atoms with Crippen LogP contribution in [0.5, 0.6) is 0 Å². The summed E-state index contributed by atoms with van der Waals surface area (Å²) in [4.78, 5) is 3.97. The summed E-state index contributed by atoms with van der Waals surface area (Å²) < 4.78 is 0. The summed E-state index contributed by atoms with van der Waals surface area (Å²) in [6, 6.07) is 8.51. The van der Waals surface area contributed by atoms with Gasteiger partial charge in [-0.2, -0.15) is 4.98 Å². The number of H-pyrrole nitrogens is 1. The Bertz CT molecular complexity index is 472. The molecule has 17 heavy (non-hydrogen) atoms. The van der Waals surface area contributed by atoms with Crippen LogP contribution in [0.1, 0.15) is 30.9 Å². The van der Waals surface area contributed by atoms with Gasteiger partial charge in [0, 0.05) is 6.54 Å². The van der Waals surface area contributed by atoms with Crippen molar-refractivity contribution in [2.75, 3.05) is 11.1 Å². The first-order valence-corrected chi connectivity index (χ1v) is 5.65. The van der Waals surface area contributed by atoms with E-state index in [0.717, 1.165) is 0 Å². The minimum absolute atomic E-state index is 0.322. The van der Waals surface area contributed by atoms with Crippen LogP contribution in [-0.4, -0.2) is 15.2 Å². The minimum atomic E-state index is 0.322. The van der Waals surface area contributed by atoms with Crippen LogP contribution in [0.4, 0.5) is 11.9 Å². The number of hydrogen-bond donors (Lipinski definition) is 3. The first kappa shape index (κ1) is 11.4. The molecule has 0 fully saturated rings. The van der Waals surface area contributed by atoms with Crippen LogP contribution in [0.15, 0.2) is 24.3 Å². The monoisotopic (exact) mass is 231 g/mol. The lowest BCUT2D eigenvalue weighted by Gasteiger charge is -2.07. The number of benzene rings is 1. The van der Waals surface area contributed by atoms with Gasteiger partial charge in [-0.15, -0.1) is 5.10 Å². The Balaban J connectivity index is 1.95. The van der Waals surface area contributed by atoms with E-state index in [2.05, 4.69) is 58.6 Å². The van der Waals surface area contributed by atoms with Gasteiger partial charge in [0.15, 0.2) is 0 Å². The summed E-state index contributed by atoms with van der Waals surface area (Å²) in [7, 11) is 0. The van der Waals surface area contributed by atoms with E-state index >= 15 is 0 Å². The van der Waals surface area contributed by atoms with Crippen molar-refractivity contribution in [1.29, 1.82) is 0 Å². The Morgan fingerprint density at radius 1 is 1.29 bits per heavy atom. The van der Waals surface area contributed by atoms with Crippen molar-refractivity contribution in [1.82, 2.24) is 15.2 Å². The molecule has 90 valence electrons. The van der Waals surface area contributed by atoms with E-state index in [9.17, 15) is 0 Å². The largest absolute Gasteiger partial charge is 0.368 e. The van der Waals surface area contributed by atoms with Crippen LogP contribution in [0.3, 0.4) is 0 Å². The highest BCUT2D eigenvalue weighted by molar-refractivity contribution is 5.32. The molecule has 1 heterocycles. The molecule has 0 saturated heterocycles. The van der Waals surface area contributed by atoms with Crippen LogP contribution in [0.25, 0.3) is 0 Å². The van der Waals surface area contributed by atoms with Gasteiger partial charge >= 0.3 is 0 Å². The van der Waals surface area contributed by atoms with Crippen molar-refractivity contribution in [2.45, 2.75) is 26.3 Å². The number of nitrogens with one attached hydrogen (secondary N) is 2. The molecule has 0 unspecified atom stereocenters. The zero-order valence-electron chi connectivity index (χ0n) is 10.1. The van der Waals surface area contributed by atoms with Gasteiger partial charge in [-0.1, -0.05) is 38.1 Å². The Hall–Kier alpha value is -2.04. The van der Waals surface area contributed by atoms with Crippen molar-refractivity contribution < 1.29 is 0 Å². The fraction of sp³-hybridized carbons (Fsp3) is 0.333. The minimum Gasteiger partial charge on any atom is -0.368 e. The molecular weight excluding hydrogens is 214 g/mol. The molecular formula is C12H17N5. The number of hydrogen-bond acceptors (Lipinski definition) is 4. The Morgan fingerprint density at radius 3 is 2.53 bits per heavy atom. The number of nitrogens with zero attached hydrogens (tertiary/aromatic N) is 2. The van der Waals surface area contributed by atoms with Gasteiger partial charge in [-0.25, -0.2) is 5.10 Å². The topological polar surface area (TPSA) is 79.6 Å². The quantitative estimate of drug-likeness (QED) is 0.753. The first-order chi connectivity index (χ1) is 8.15. The highest BCUT2D eigenvalue weighted by atomic mass is 15.3. The van der Waals surface area contributed by atoms with Crippen molar-refractivity contribution >= 4 is 11.9 Å². The van der Waals surface area contributed by atoms with Gasteiger partial charge in [0.05, 0.1) is 0 Å². The lowest BCUT2D eigenvalue weighted by atomic mass is 10.0. The second-order valence-corrected chi connectivity index (χ2v) is 4.29. The lowest BCUT2D eigenvalue weighted by molar-refractivity contribution is 0.865. The van der Waals surface area contributed by atoms with E-state index in [1.165, 1.54) is 11.1 Å². The van der Waals surface area contributed by atoms with Gasteiger partial charge in [0.1, 0.15) is 0 Å². The van der Waals surface area contributed by atoms with Gasteiger partial charge in [0.2, 0.25) is 11.9 Å². The first-order valence-electron chi connectivity index (χ1n) is 5.65. The molecule has 5 heteroatoms. The lowest BCUT2D eigenvalue weighted by Crippen LogP contribution is -2.01. The zero-order valence-corrected chi connectivity index (χ0v) is 10.1. The smallest absolute Gasteiger partial charge is 0.243 e. The Morgan fingerprint density at radius 2 is 2.00 bits per heavy atom. The summed E-state index contributed by atoms with van der Waals surface area (Å²) in [5, 5.41) is 9.58. The van der Waals surface area contributed by atoms with Crippen molar-refractivity contribution in [3.05, 3.63) is 35.4 Å². The molecule has 1 aromatic heterocycles. The molecule has 0 spiro atoms. The van der Waals surface area contributed by atoms with E-state index in [0.29, 0.717) is 24.4 Å². The number of aromatic nitrogens is 3. The normalized spacial score (nSPS) is 10.8. The number of nitrogens with two attached hydrogens (primary N) is 1. The molecule has 0 aliphatic heterocycles. The fourth-order valence-corrected chi connectivity index (χ4v) is 1.55. The van der Waals surface area contributed by atoms with Crippen LogP contribution in [0, 0.1) is 0 Å². The Labute approximate surface area is 100 Å². The third-order valence-corrected chi connectivity index (χ3v) is 2.60. The third-order valence-electron chi connectivity index (χ3n) is 2.60. The fourth-order valence-electron chi connectivity index (χ4n) is 1.55. The maximum Gasteiger partial charge on any atom is 0.243 e. The summed E-state index contributed by atoms with van der Waals surface area (Å²) in [5.41, 5.74) is 7.97. The molecule has 0 saturated carbocycles. The average Bonchev–Trinajstić information content (AvgIpc) is 2.73. The van der Waals surface area contributed by atoms with Crippen molar-refractivity contribution in [3.63, 3.8) is 0 Å². The maximum absolute atomic E-state index is 5.43. The molecule has 0 aliphatic rings. The molecule has 4 N–H and O–H groups in total. The highest BCUT2D eigenvalue weighted by Gasteiger charge is 2.01. The molecule has 0 bridgehead atoms. The van der Waals surface area contributed by atoms with E-state index in [4.69, 9.17) is 5.73 Å². The summed E-state index contributed by atoms with van der Waals surface area (Å²) in [6.07, 6.45) is 0. The van der Waals surface area contributed by atoms with E-state index in [1.807, 2.05) is 0 Å². The molecule has 0 atom stereocenters. The molecule has 5 nitrogen and oxygen atoms in total. The summed E-state index contributed by atoms with van der Waals surface area (Å²) in [5.74, 6) is 1.41. The van der Waals surface area contributed by atoms with Gasteiger partial charge in [-0.3, -0.25) is 0 Å². The van der Waals surface area contributed by atoms with Gasteiger partial charge in [0.25, 0.3) is 0 Å². The molecule has 2 aromatic rings. The van der Waals surface area contributed by atoms with E-state index in [1.54, 1.807) is 0 Å². The van der Waals surface area contributed by atoms with Crippen LogP contribution >= 0.6 is 0 Å². The van der Waals surface area contributed by atoms with Gasteiger partial charge in [-0.05, 0) is 17.0 Å². The standard InChI is InChI=1S/C12H17N5/c1-8(2)10-5-3-9(4-6-10)7-14-12-15-11(13)16-17-12/h3-6,8H,7H2,1-2H3,(H4,13,14,15,16,17). The van der Waals surface area contributed by atoms with Crippen LogP contribution in [-0.2, 0) is 6.54 Å². The summed E-state index contributed by atoms with van der Waals surface area (Å²) >= 11 is 0. The molecule has 2 rings (SSSR count). The average molecular weight is 231 g/mol. The molecule has 0 aliphatic carbocycles. The third kappa shape index (κ3) is 2.96. The predicted molar refractivity (Wildman–Crippen MR) is 68.7 cm³/mol. The summed E-state index contributed by atoms with van der Waals surface area (Å²) in [6.45, 7) is 5.06. The zero-order chi connectivity index (χ0) is 12.3. The second-order valence-electron chi connectivity index (χ2n) is 4.29. The van der Waals surface area contributed by atoms with E-state index in [-0.39, 0.29) is 0 Å². The highest BCUT2D eigenvalue weighted by Crippen LogP contribution is 2.15. The second kappa shape index (κ2) is 4.86. The molecule has 0 amide bonds. The SMILES string of the molecule is CC(C)c1ccc(CNc2n[nH]c(N)n2)cc1. The molecule has 0 radical (unpaired) electrons. The number of nitrogen functional groups attached to an aromatic ring is 1. The maximum atomic E-state index is 5.43. The van der Waals surface area contributed by atoms with Crippen molar-refractivity contribution in [3.8, 4) is 0 Å². The van der Waals surface area contributed by atoms with E-state index < -0.39 is 0 Å². The molecule has 1 aromatic carbocycles. The van der Waals surface area contributed by atoms with Crippen molar-refractivity contribution in [2.24, 2.45) is 0 Å². The number of anilines is 2. The van der Waals surface area contributed by atoms with Crippen LogP contribution in [0.2, 0.25) is 0 Å². The Kier molecular flexibility index (Phi) is 3.27. The van der Waals surface area contributed by atoms with Crippen LogP contribution < -0.4 is 11.1 Å². The predicted octanol–water partition coefficient (Wildman–Crippen LogP) is 2.12. The number of aromatic amines is 1.